The van der Waals surface area contributed by atoms with E-state index < -0.39 is 5.95 Å². The summed E-state index contributed by atoms with van der Waals surface area (Å²) in [7, 11) is 1.33. The molecule has 0 fully saturated rings. The molecule has 0 amide bonds. The summed E-state index contributed by atoms with van der Waals surface area (Å²) in [6.07, 6.45) is 0.819. The van der Waals surface area contributed by atoms with Crippen molar-refractivity contribution in [3.63, 3.8) is 0 Å². The van der Waals surface area contributed by atoms with Gasteiger partial charge in [0.15, 0.2) is 0 Å². The molecule has 0 aliphatic carbocycles. The standard InChI is InChI=1S/C3H6FNO/c1-6-2-3(4)5/h2H,5H2,1H3/b3-2+. The fourth-order valence-electron chi connectivity index (χ4n) is 0.113. The Bertz CT molecular complexity index is 57.8. The third kappa shape index (κ3) is 3.27. The highest BCUT2D eigenvalue weighted by atomic mass is 19.1. The molecule has 3 heteroatoms. The normalized spacial score (nSPS) is 11.3. The Hall–Kier alpha value is -0.730. The van der Waals surface area contributed by atoms with Crippen molar-refractivity contribution in [2.24, 2.45) is 5.73 Å². The molecule has 2 nitrogen and oxygen atoms in total. The van der Waals surface area contributed by atoms with Crippen LogP contribution in [0, 0.1) is 0 Å². The van der Waals surface area contributed by atoms with Crippen LogP contribution in [0.25, 0.3) is 0 Å². The van der Waals surface area contributed by atoms with Gasteiger partial charge < -0.3 is 10.5 Å². The Morgan fingerprint density at radius 2 is 2.50 bits per heavy atom. The van der Waals surface area contributed by atoms with Gasteiger partial charge in [-0.05, 0) is 0 Å². The first-order valence-corrected chi connectivity index (χ1v) is 1.41. The molecule has 6 heavy (non-hydrogen) atoms. The molecule has 0 aromatic heterocycles. The van der Waals surface area contributed by atoms with Crippen molar-refractivity contribution >= 4 is 0 Å². The van der Waals surface area contributed by atoms with E-state index in [4.69, 9.17) is 0 Å². The van der Waals surface area contributed by atoms with E-state index in [1.807, 2.05) is 0 Å². The number of hydrogen-bond donors (Lipinski definition) is 1. The molecule has 0 saturated heterocycles. The summed E-state index contributed by atoms with van der Waals surface area (Å²) in [4.78, 5) is 0. The maximum Gasteiger partial charge on any atom is 0.219 e. The summed E-state index contributed by atoms with van der Waals surface area (Å²) in [5.74, 6) is -0.808. The van der Waals surface area contributed by atoms with E-state index in [1.54, 1.807) is 0 Å². The maximum absolute atomic E-state index is 11.2. The van der Waals surface area contributed by atoms with Crippen molar-refractivity contribution in [1.29, 1.82) is 0 Å². The van der Waals surface area contributed by atoms with E-state index in [0.717, 1.165) is 6.26 Å². The molecule has 0 aromatic rings. The minimum Gasteiger partial charge on any atom is -0.500 e. The molecule has 0 aliphatic rings. The molecular weight excluding hydrogens is 85.0 g/mol. The molecule has 0 rings (SSSR count). The zero-order chi connectivity index (χ0) is 4.99. The fraction of sp³-hybridized carbons (Fsp3) is 0.333. The number of methoxy groups -OCH3 is 1. The lowest BCUT2D eigenvalue weighted by Gasteiger charge is -1.82. The number of hydrogen-bond acceptors (Lipinski definition) is 2. The Morgan fingerprint density at radius 1 is 2.00 bits per heavy atom. The molecule has 0 atom stereocenters. The van der Waals surface area contributed by atoms with E-state index in [2.05, 4.69) is 10.5 Å². The van der Waals surface area contributed by atoms with Crippen LogP contribution in [-0.2, 0) is 4.74 Å². The van der Waals surface area contributed by atoms with E-state index in [9.17, 15) is 4.39 Å². The van der Waals surface area contributed by atoms with Gasteiger partial charge in [-0.2, -0.15) is 4.39 Å². The minimum atomic E-state index is -0.808. The van der Waals surface area contributed by atoms with Crippen LogP contribution in [0.15, 0.2) is 12.2 Å². The van der Waals surface area contributed by atoms with Gasteiger partial charge in [-0.25, -0.2) is 0 Å². The van der Waals surface area contributed by atoms with Gasteiger partial charge in [-0.15, -0.1) is 0 Å². The van der Waals surface area contributed by atoms with Gasteiger partial charge in [-0.1, -0.05) is 0 Å². The van der Waals surface area contributed by atoms with Gasteiger partial charge in [0.1, 0.15) is 6.26 Å². The number of nitrogens with two attached hydrogens (primary N) is 1. The molecule has 0 saturated carbocycles. The van der Waals surface area contributed by atoms with E-state index >= 15 is 0 Å². The van der Waals surface area contributed by atoms with Gasteiger partial charge in [0.2, 0.25) is 5.95 Å². The van der Waals surface area contributed by atoms with Crippen LogP contribution >= 0.6 is 0 Å². The summed E-state index contributed by atoms with van der Waals surface area (Å²) in [6, 6.07) is 0. The van der Waals surface area contributed by atoms with Gasteiger partial charge in [-0.3, -0.25) is 0 Å². The number of halogens is 1. The van der Waals surface area contributed by atoms with Gasteiger partial charge in [0, 0.05) is 0 Å². The lowest BCUT2D eigenvalue weighted by atomic mass is 10.9. The van der Waals surface area contributed by atoms with Gasteiger partial charge in [0.05, 0.1) is 7.11 Å². The first kappa shape index (κ1) is 5.27. The van der Waals surface area contributed by atoms with E-state index in [1.165, 1.54) is 7.11 Å². The molecule has 2 N–H and O–H groups in total. The molecule has 0 heterocycles. The monoisotopic (exact) mass is 91.0 g/mol. The van der Waals surface area contributed by atoms with Crippen molar-refractivity contribution in [1.82, 2.24) is 0 Å². The van der Waals surface area contributed by atoms with Crippen LogP contribution in [0.4, 0.5) is 4.39 Å². The summed E-state index contributed by atoms with van der Waals surface area (Å²) in [6.45, 7) is 0. The highest BCUT2D eigenvalue weighted by molar-refractivity contribution is 4.74. The highest BCUT2D eigenvalue weighted by Crippen LogP contribution is 1.80. The van der Waals surface area contributed by atoms with Crippen molar-refractivity contribution in [3.05, 3.63) is 12.2 Å². The molecule has 0 spiro atoms. The van der Waals surface area contributed by atoms with Crippen molar-refractivity contribution in [3.8, 4) is 0 Å². The van der Waals surface area contributed by atoms with E-state index in [0.29, 0.717) is 0 Å². The maximum atomic E-state index is 11.2. The third-order valence-electron chi connectivity index (χ3n) is 0.230. The average Bonchev–Trinajstić information content (AvgIpc) is 1.35. The van der Waals surface area contributed by atoms with E-state index in [-0.39, 0.29) is 0 Å². The van der Waals surface area contributed by atoms with Crippen LogP contribution < -0.4 is 5.73 Å². The quantitative estimate of drug-likeness (QED) is 0.373. The molecule has 0 bridgehead atoms. The molecule has 0 aromatic carbocycles. The Labute approximate surface area is 35.4 Å². The third-order valence-corrected chi connectivity index (χ3v) is 0.230. The summed E-state index contributed by atoms with van der Waals surface area (Å²) in [5.41, 5.74) is 4.47. The van der Waals surface area contributed by atoms with Crippen molar-refractivity contribution in [2.75, 3.05) is 7.11 Å². The molecule has 0 radical (unpaired) electrons. The SMILES string of the molecule is CO/C=C(/N)F. The molecule has 0 unspecified atom stereocenters. The lowest BCUT2D eigenvalue weighted by molar-refractivity contribution is 0.321. The zero-order valence-corrected chi connectivity index (χ0v) is 3.44. The first-order chi connectivity index (χ1) is 2.77. The Morgan fingerprint density at radius 3 is 2.50 bits per heavy atom. The van der Waals surface area contributed by atoms with Crippen molar-refractivity contribution in [2.45, 2.75) is 0 Å². The predicted octanol–water partition coefficient (Wildman–Crippen LogP) is 0.360. The number of ether oxygens (including phenoxy) is 1. The Kier molecular flexibility index (Phi) is 2.20. The lowest BCUT2D eigenvalue weighted by Crippen LogP contribution is -1.87. The van der Waals surface area contributed by atoms with Crippen LogP contribution in [0.5, 0.6) is 0 Å². The Balaban J connectivity index is 3.14. The highest BCUT2D eigenvalue weighted by Gasteiger charge is 1.73. The number of rotatable bonds is 1. The second-order valence-corrected chi connectivity index (χ2v) is 0.738. The van der Waals surface area contributed by atoms with Crippen molar-refractivity contribution < 1.29 is 9.13 Å². The fourth-order valence-corrected chi connectivity index (χ4v) is 0.113. The second kappa shape index (κ2) is 2.50. The van der Waals surface area contributed by atoms with Crippen LogP contribution in [0.1, 0.15) is 0 Å². The summed E-state index contributed by atoms with van der Waals surface area (Å²) < 4.78 is 15.4. The summed E-state index contributed by atoms with van der Waals surface area (Å²) in [5, 5.41) is 0. The van der Waals surface area contributed by atoms with Crippen LogP contribution in [-0.4, -0.2) is 7.11 Å². The summed E-state index contributed by atoms with van der Waals surface area (Å²) >= 11 is 0. The smallest absolute Gasteiger partial charge is 0.219 e. The zero-order valence-electron chi connectivity index (χ0n) is 3.44. The second-order valence-electron chi connectivity index (χ2n) is 0.738. The predicted molar refractivity (Wildman–Crippen MR) is 20.4 cm³/mol. The largest absolute Gasteiger partial charge is 0.500 e. The van der Waals surface area contributed by atoms with Gasteiger partial charge >= 0.3 is 0 Å². The molecule has 0 aliphatic heterocycles. The topological polar surface area (TPSA) is 35.2 Å². The van der Waals surface area contributed by atoms with Gasteiger partial charge in [0.25, 0.3) is 0 Å². The minimum absolute atomic E-state index is 0.808. The first-order valence-electron chi connectivity index (χ1n) is 1.41. The molecule has 36 valence electrons. The molecular formula is C3H6FNO. The van der Waals surface area contributed by atoms with Crippen LogP contribution in [0.2, 0.25) is 0 Å². The average molecular weight is 91.1 g/mol. The van der Waals surface area contributed by atoms with Crippen LogP contribution in [0.3, 0.4) is 0 Å².